The van der Waals surface area contributed by atoms with E-state index in [0.29, 0.717) is 35.7 Å². The molecule has 0 aliphatic heterocycles. The molecule has 0 bridgehead atoms. The van der Waals surface area contributed by atoms with Gasteiger partial charge in [0, 0.05) is 32.2 Å². The Morgan fingerprint density at radius 3 is 2.53 bits per heavy atom. The summed E-state index contributed by atoms with van der Waals surface area (Å²) in [5.74, 6) is 1.99. The largest absolute Gasteiger partial charge is 0.437 e. The topological polar surface area (TPSA) is 50.5 Å². The number of halogens is 1. The fourth-order valence-electron chi connectivity index (χ4n) is 3.75. The molecule has 3 aromatic rings. The molecule has 1 aromatic heterocycles. The number of ether oxygens (including phenoxy) is 1. The molecule has 1 aliphatic rings. The Kier molecular flexibility index (Phi) is 6.42. The molecule has 1 heterocycles. The van der Waals surface area contributed by atoms with Crippen LogP contribution in [0, 0.1) is 5.92 Å². The maximum Gasteiger partial charge on any atom is 0.222 e. The first-order valence-electron chi connectivity index (χ1n) is 10.5. The van der Waals surface area contributed by atoms with E-state index in [1.807, 2.05) is 56.4 Å². The average molecular weight is 426 g/mol. The number of hydrogen-bond donors (Lipinski definition) is 1. The Hall–Kier alpha value is -2.34. The van der Waals surface area contributed by atoms with Crippen molar-refractivity contribution in [2.45, 2.75) is 32.4 Å². The fourth-order valence-corrected chi connectivity index (χ4v) is 3.92. The van der Waals surface area contributed by atoms with Crippen LogP contribution >= 0.6 is 11.6 Å². The minimum absolute atomic E-state index is 0.395. The zero-order valence-corrected chi connectivity index (χ0v) is 18.2. The molecule has 1 N–H and O–H groups in total. The van der Waals surface area contributed by atoms with Crippen molar-refractivity contribution in [3.8, 4) is 22.9 Å². The standard InChI is InChI=1S/C24H28ClN3O2/c1-17(29)14-28(15-18-12-13-18)16-20-23(19-8-4-3-5-9-19)26-27(2)24(20)30-22-11-7-6-10-21(22)25/h3-11,17-18,29H,12-16H2,1-2H3/t17-/m0/s1. The molecule has 6 heteroatoms. The summed E-state index contributed by atoms with van der Waals surface area (Å²) >= 11 is 6.36. The second-order valence-electron chi connectivity index (χ2n) is 8.14. The second kappa shape index (κ2) is 9.21. The van der Waals surface area contributed by atoms with Gasteiger partial charge in [0.05, 0.1) is 16.7 Å². The third kappa shape index (κ3) is 5.04. The summed E-state index contributed by atoms with van der Waals surface area (Å²) < 4.78 is 8.06. The van der Waals surface area contributed by atoms with Crippen molar-refractivity contribution in [3.05, 3.63) is 65.2 Å². The number of hydrogen-bond acceptors (Lipinski definition) is 4. The summed E-state index contributed by atoms with van der Waals surface area (Å²) in [7, 11) is 1.89. The lowest BCUT2D eigenvalue weighted by atomic mass is 10.1. The smallest absolute Gasteiger partial charge is 0.222 e. The van der Waals surface area contributed by atoms with E-state index in [1.54, 1.807) is 4.68 Å². The van der Waals surface area contributed by atoms with Gasteiger partial charge in [0.1, 0.15) is 11.4 Å². The molecule has 30 heavy (non-hydrogen) atoms. The van der Waals surface area contributed by atoms with Crippen molar-refractivity contribution in [1.29, 1.82) is 0 Å². The van der Waals surface area contributed by atoms with E-state index in [0.717, 1.165) is 23.4 Å². The van der Waals surface area contributed by atoms with E-state index in [1.165, 1.54) is 12.8 Å². The zero-order valence-electron chi connectivity index (χ0n) is 17.5. The molecule has 2 aromatic carbocycles. The average Bonchev–Trinajstić information content (AvgIpc) is 3.49. The summed E-state index contributed by atoms with van der Waals surface area (Å²) in [4.78, 5) is 2.31. The molecule has 0 radical (unpaired) electrons. The summed E-state index contributed by atoms with van der Waals surface area (Å²) in [6.45, 7) is 4.08. The number of aryl methyl sites for hydroxylation is 1. The lowest BCUT2D eigenvalue weighted by molar-refractivity contribution is 0.119. The first-order valence-corrected chi connectivity index (χ1v) is 10.8. The first kappa shape index (κ1) is 20.9. The molecule has 1 fully saturated rings. The van der Waals surface area contributed by atoms with Crippen LogP contribution in [-0.2, 0) is 13.6 Å². The molecule has 4 rings (SSSR count). The van der Waals surface area contributed by atoms with Crippen molar-refractivity contribution < 1.29 is 9.84 Å². The Bertz CT molecular complexity index is 979. The Labute approximate surface area is 182 Å². The predicted molar refractivity (Wildman–Crippen MR) is 120 cm³/mol. The van der Waals surface area contributed by atoms with E-state index < -0.39 is 6.10 Å². The molecule has 158 valence electrons. The minimum Gasteiger partial charge on any atom is -0.437 e. The Balaban J connectivity index is 1.73. The van der Waals surface area contributed by atoms with Crippen LogP contribution < -0.4 is 4.74 Å². The van der Waals surface area contributed by atoms with Crippen molar-refractivity contribution >= 4 is 11.6 Å². The predicted octanol–water partition coefficient (Wildman–Crippen LogP) is 5.13. The highest BCUT2D eigenvalue weighted by Crippen LogP contribution is 2.37. The van der Waals surface area contributed by atoms with Gasteiger partial charge in [-0.2, -0.15) is 5.10 Å². The Morgan fingerprint density at radius 1 is 1.17 bits per heavy atom. The van der Waals surface area contributed by atoms with Crippen LogP contribution in [0.15, 0.2) is 54.6 Å². The number of para-hydroxylation sites is 1. The molecule has 1 saturated carbocycles. The quantitative estimate of drug-likeness (QED) is 0.516. The highest BCUT2D eigenvalue weighted by Gasteiger charge is 2.28. The minimum atomic E-state index is -0.395. The highest BCUT2D eigenvalue weighted by atomic mass is 35.5. The SMILES string of the molecule is C[C@H](O)CN(Cc1c(-c2ccccc2)nn(C)c1Oc1ccccc1Cl)CC1CC1. The fraction of sp³-hybridized carbons (Fsp3) is 0.375. The van der Waals surface area contributed by atoms with E-state index >= 15 is 0 Å². The summed E-state index contributed by atoms with van der Waals surface area (Å²) in [6, 6.07) is 17.6. The van der Waals surface area contributed by atoms with Gasteiger partial charge in [0.25, 0.3) is 0 Å². The van der Waals surface area contributed by atoms with Crippen LogP contribution in [0.3, 0.4) is 0 Å². The van der Waals surface area contributed by atoms with Crippen molar-refractivity contribution in [2.75, 3.05) is 13.1 Å². The van der Waals surface area contributed by atoms with Gasteiger partial charge in [-0.25, -0.2) is 4.68 Å². The summed E-state index contributed by atoms with van der Waals surface area (Å²) in [6.07, 6.45) is 2.13. The molecule has 1 aliphatic carbocycles. The molecule has 0 amide bonds. The van der Waals surface area contributed by atoms with Gasteiger partial charge < -0.3 is 9.84 Å². The molecular formula is C24H28ClN3O2. The maximum atomic E-state index is 10.1. The number of aromatic nitrogens is 2. The third-order valence-electron chi connectivity index (χ3n) is 5.30. The van der Waals surface area contributed by atoms with Gasteiger partial charge >= 0.3 is 0 Å². The van der Waals surface area contributed by atoms with E-state index in [-0.39, 0.29) is 0 Å². The van der Waals surface area contributed by atoms with Crippen LogP contribution in [0.5, 0.6) is 11.6 Å². The van der Waals surface area contributed by atoms with Crippen molar-refractivity contribution in [3.63, 3.8) is 0 Å². The number of benzene rings is 2. The zero-order chi connectivity index (χ0) is 21.1. The van der Waals surface area contributed by atoms with E-state index in [9.17, 15) is 5.11 Å². The van der Waals surface area contributed by atoms with Gasteiger partial charge in [0.2, 0.25) is 5.88 Å². The number of aliphatic hydroxyl groups is 1. The maximum absolute atomic E-state index is 10.1. The monoisotopic (exact) mass is 425 g/mol. The third-order valence-corrected chi connectivity index (χ3v) is 5.61. The van der Waals surface area contributed by atoms with Crippen molar-refractivity contribution in [2.24, 2.45) is 13.0 Å². The van der Waals surface area contributed by atoms with Crippen molar-refractivity contribution in [1.82, 2.24) is 14.7 Å². The van der Waals surface area contributed by atoms with Gasteiger partial charge in [-0.15, -0.1) is 0 Å². The number of nitrogens with zero attached hydrogens (tertiary/aromatic N) is 3. The normalized spacial score (nSPS) is 14.8. The summed E-state index contributed by atoms with van der Waals surface area (Å²) in [5.41, 5.74) is 2.94. The van der Waals surface area contributed by atoms with Gasteiger partial charge in [-0.05, 0) is 37.8 Å². The van der Waals surface area contributed by atoms with Crippen LogP contribution in [0.25, 0.3) is 11.3 Å². The van der Waals surface area contributed by atoms with Crippen LogP contribution in [0.2, 0.25) is 5.02 Å². The first-order chi connectivity index (χ1) is 14.5. The van der Waals surface area contributed by atoms with E-state index in [2.05, 4.69) is 17.0 Å². The molecular weight excluding hydrogens is 398 g/mol. The van der Waals surface area contributed by atoms with Gasteiger partial charge in [-0.1, -0.05) is 54.1 Å². The van der Waals surface area contributed by atoms with Gasteiger partial charge in [-0.3, -0.25) is 4.90 Å². The second-order valence-corrected chi connectivity index (χ2v) is 8.55. The van der Waals surface area contributed by atoms with Gasteiger partial charge in [0.15, 0.2) is 0 Å². The number of aliphatic hydroxyl groups excluding tert-OH is 1. The lowest BCUT2D eigenvalue weighted by Crippen LogP contribution is -2.32. The van der Waals surface area contributed by atoms with Crippen LogP contribution in [0.4, 0.5) is 0 Å². The molecule has 0 saturated heterocycles. The van der Waals surface area contributed by atoms with Crippen LogP contribution in [0.1, 0.15) is 25.3 Å². The number of rotatable bonds is 9. The summed E-state index contributed by atoms with van der Waals surface area (Å²) in [5, 5.41) is 15.4. The molecule has 0 spiro atoms. The lowest BCUT2D eigenvalue weighted by Gasteiger charge is -2.24. The molecule has 5 nitrogen and oxygen atoms in total. The molecule has 0 unspecified atom stereocenters. The molecule has 1 atom stereocenters. The Morgan fingerprint density at radius 2 is 1.87 bits per heavy atom. The van der Waals surface area contributed by atoms with E-state index in [4.69, 9.17) is 21.4 Å². The highest BCUT2D eigenvalue weighted by molar-refractivity contribution is 6.32. The van der Waals surface area contributed by atoms with Crippen LogP contribution in [-0.4, -0.2) is 39.0 Å².